The van der Waals surface area contributed by atoms with Gasteiger partial charge in [-0.05, 0) is 66.1 Å². The standard InChI is InChI=1S/C24H29Cl2N3O/c25-20-8-6-17(22(26)12-20)11-23(27)24(30)29-14-18-7-9-21(10-19(18)15-29)28-13-16-4-2-1-3-5-16/h6-10,12,16,23,28H,1-5,11,13-15,27H2. The summed E-state index contributed by atoms with van der Waals surface area (Å²) in [7, 11) is 0. The second-order valence-electron chi connectivity index (χ2n) is 8.61. The Morgan fingerprint density at radius 1 is 1.07 bits per heavy atom. The molecule has 1 unspecified atom stereocenters. The lowest BCUT2D eigenvalue weighted by atomic mass is 9.89. The lowest BCUT2D eigenvalue weighted by Crippen LogP contribution is -2.42. The van der Waals surface area contributed by atoms with Crippen LogP contribution < -0.4 is 11.1 Å². The van der Waals surface area contributed by atoms with Crippen LogP contribution in [0.15, 0.2) is 36.4 Å². The van der Waals surface area contributed by atoms with Gasteiger partial charge >= 0.3 is 0 Å². The lowest BCUT2D eigenvalue weighted by molar-refractivity contribution is -0.133. The topological polar surface area (TPSA) is 58.4 Å². The normalized spacial score (nSPS) is 17.6. The molecule has 1 amide bonds. The van der Waals surface area contributed by atoms with Crippen molar-refractivity contribution in [1.29, 1.82) is 0 Å². The first-order chi connectivity index (χ1) is 14.5. The average molecular weight is 446 g/mol. The maximum Gasteiger partial charge on any atom is 0.240 e. The molecule has 4 rings (SSSR count). The highest BCUT2D eigenvalue weighted by atomic mass is 35.5. The Bertz CT molecular complexity index is 911. The van der Waals surface area contributed by atoms with Gasteiger partial charge in [-0.3, -0.25) is 4.79 Å². The zero-order valence-corrected chi connectivity index (χ0v) is 18.7. The number of halogens is 2. The molecule has 1 saturated carbocycles. The Labute approximate surface area is 188 Å². The Kier molecular flexibility index (Phi) is 6.87. The highest BCUT2D eigenvalue weighted by Gasteiger charge is 2.28. The van der Waals surface area contributed by atoms with Crippen LogP contribution in [0.25, 0.3) is 0 Å². The van der Waals surface area contributed by atoms with E-state index < -0.39 is 6.04 Å². The monoisotopic (exact) mass is 445 g/mol. The number of amides is 1. The van der Waals surface area contributed by atoms with Crippen LogP contribution in [-0.4, -0.2) is 23.4 Å². The van der Waals surface area contributed by atoms with E-state index in [1.165, 1.54) is 43.2 Å². The number of rotatable bonds is 6. The molecule has 0 saturated heterocycles. The molecule has 1 heterocycles. The molecule has 1 atom stereocenters. The summed E-state index contributed by atoms with van der Waals surface area (Å²) in [6, 6.07) is 11.1. The van der Waals surface area contributed by atoms with E-state index in [-0.39, 0.29) is 5.91 Å². The van der Waals surface area contributed by atoms with Gasteiger partial charge in [-0.25, -0.2) is 0 Å². The molecule has 0 bridgehead atoms. The van der Waals surface area contributed by atoms with Gasteiger partial charge < -0.3 is 16.0 Å². The zero-order valence-electron chi connectivity index (χ0n) is 17.2. The highest BCUT2D eigenvalue weighted by molar-refractivity contribution is 6.35. The van der Waals surface area contributed by atoms with Crippen LogP contribution in [0.5, 0.6) is 0 Å². The zero-order chi connectivity index (χ0) is 21.1. The molecule has 1 aliphatic carbocycles. The van der Waals surface area contributed by atoms with E-state index in [2.05, 4.69) is 23.5 Å². The third kappa shape index (κ3) is 5.11. The van der Waals surface area contributed by atoms with Crippen LogP contribution in [0.2, 0.25) is 10.0 Å². The van der Waals surface area contributed by atoms with Crippen LogP contribution in [0, 0.1) is 5.92 Å². The summed E-state index contributed by atoms with van der Waals surface area (Å²) in [4.78, 5) is 14.8. The number of hydrogen-bond acceptors (Lipinski definition) is 3. The van der Waals surface area contributed by atoms with Gasteiger partial charge in [-0.15, -0.1) is 0 Å². The maximum absolute atomic E-state index is 12.9. The van der Waals surface area contributed by atoms with Gasteiger partial charge in [-0.2, -0.15) is 0 Å². The van der Waals surface area contributed by atoms with E-state index in [4.69, 9.17) is 28.9 Å². The predicted molar refractivity (Wildman–Crippen MR) is 124 cm³/mol. The van der Waals surface area contributed by atoms with Gasteiger partial charge in [-0.1, -0.05) is 54.6 Å². The summed E-state index contributed by atoms with van der Waals surface area (Å²) in [5, 5.41) is 4.72. The summed E-state index contributed by atoms with van der Waals surface area (Å²) in [6.45, 7) is 2.25. The first-order valence-corrected chi connectivity index (χ1v) is 11.6. The Balaban J connectivity index is 1.34. The number of nitrogens with one attached hydrogen (secondary N) is 1. The van der Waals surface area contributed by atoms with Crippen molar-refractivity contribution in [3.05, 3.63) is 63.1 Å². The maximum atomic E-state index is 12.9. The fraction of sp³-hybridized carbons (Fsp3) is 0.458. The van der Waals surface area contributed by atoms with E-state index in [1.54, 1.807) is 12.1 Å². The highest BCUT2D eigenvalue weighted by Crippen LogP contribution is 2.29. The molecule has 160 valence electrons. The molecule has 4 nitrogen and oxygen atoms in total. The molecular formula is C24H29Cl2N3O. The summed E-state index contributed by atoms with van der Waals surface area (Å²) in [5.41, 5.74) is 10.6. The number of benzene rings is 2. The first-order valence-electron chi connectivity index (χ1n) is 10.8. The molecule has 2 aliphatic rings. The summed E-state index contributed by atoms with van der Waals surface area (Å²) in [5.74, 6) is 0.733. The fourth-order valence-electron chi connectivity index (χ4n) is 4.56. The van der Waals surface area contributed by atoms with Gasteiger partial charge in [0.1, 0.15) is 0 Å². The average Bonchev–Trinajstić information content (AvgIpc) is 3.17. The van der Waals surface area contributed by atoms with Gasteiger partial charge in [0.15, 0.2) is 0 Å². The van der Waals surface area contributed by atoms with E-state index in [0.29, 0.717) is 29.6 Å². The van der Waals surface area contributed by atoms with Crippen LogP contribution in [0.3, 0.4) is 0 Å². The number of carbonyl (C=O) groups excluding carboxylic acids is 1. The lowest BCUT2D eigenvalue weighted by Gasteiger charge is -2.22. The molecule has 1 aliphatic heterocycles. The minimum atomic E-state index is -0.623. The molecule has 2 aromatic carbocycles. The Morgan fingerprint density at radius 2 is 1.83 bits per heavy atom. The number of hydrogen-bond donors (Lipinski definition) is 2. The third-order valence-electron chi connectivity index (χ3n) is 6.33. The summed E-state index contributed by atoms with van der Waals surface area (Å²) < 4.78 is 0. The predicted octanol–water partition coefficient (Wildman–Crippen LogP) is 5.40. The van der Waals surface area contributed by atoms with Crippen LogP contribution in [0.1, 0.15) is 48.8 Å². The molecule has 1 fully saturated rings. The van der Waals surface area contributed by atoms with Gasteiger partial charge in [0.2, 0.25) is 5.91 Å². The van der Waals surface area contributed by atoms with Crippen molar-refractivity contribution >= 4 is 34.8 Å². The molecule has 3 N–H and O–H groups in total. The molecule has 30 heavy (non-hydrogen) atoms. The number of nitrogens with two attached hydrogens (primary N) is 1. The third-order valence-corrected chi connectivity index (χ3v) is 6.92. The molecule has 0 spiro atoms. The van der Waals surface area contributed by atoms with Gasteiger partial charge in [0.25, 0.3) is 0 Å². The van der Waals surface area contributed by atoms with Crippen LogP contribution >= 0.6 is 23.2 Å². The summed E-state index contributed by atoms with van der Waals surface area (Å²) >= 11 is 12.2. The first kappa shape index (κ1) is 21.5. The number of carbonyl (C=O) groups is 1. The van der Waals surface area contributed by atoms with Crippen LogP contribution in [0.4, 0.5) is 5.69 Å². The molecular weight excluding hydrogens is 417 g/mol. The Hall–Kier alpha value is -1.75. The molecule has 0 radical (unpaired) electrons. The van der Waals surface area contributed by atoms with Crippen molar-refractivity contribution in [3.8, 4) is 0 Å². The smallest absolute Gasteiger partial charge is 0.240 e. The SMILES string of the molecule is NC(Cc1ccc(Cl)cc1Cl)C(=O)N1Cc2ccc(NCC3CCCCC3)cc2C1. The summed E-state index contributed by atoms with van der Waals surface area (Å²) in [6.07, 6.45) is 7.15. The molecule has 0 aromatic heterocycles. The minimum Gasteiger partial charge on any atom is -0.385 e. The van der Waals surface area contributed by atoms with Gasteiger partial charge in [0.05, 0.1) is 6.04 Å². The molecule has 2 aromatic rings. The van der Waals surface area contributed by atoms with E-state index in [0.717, 1.165) is 23.7 Å². The second-order valence-corrected chi connectivity index (χ2v) is 9.45. The fourth-order valence-corrected chi connectivity index (χ4v) is 5.05. The van der Waals surface area contributed by atoms with Crippen molar-refractivity contribution in [2.45, 2.75) is 57.7 Å². The Morgan fingerprint density at radius 3 is 2.60 bits per heavy atom. The van der Waals surface area contributed by atoms with E-state index in [1.807, 2.05) is 11.0 Å². The minimum absolute atomic E-state index is 0.0473. The number of anilines is 1. The van der Waals surface area contributed by atoms with Crippen molar-refractivity contribution in [3.63, 3.8) is 0 Å². The van der Waals surface area contributed by atoms with E-state index in [9.17, 15) is 4.79 Å². The van der Waals surface area contributed by atoms with Gasteiger partial charge in [0, 0.05) is 35.4 Å². The van der Waals surface area contributed by atoms with Crippen molar-refractivity contribution < 1.29 is 4.79 Å². The van der Waals surface area contributed by atoms with Crippen molar-refractivity contribution in [1.82, 2.24) is 4.90 Å². The second kappa shape index (κ2) is 9.59. The molecule has 6 heteroatoms. The number of nitrogens with zero attached hydrogens (tertiary/aromatic N) is 1. The number of fused-ring (bicyclic) bond motifs is 1. The van der Waals surface area contributed by atoms with Crippen LogP contribution in [-0.2, 0) is 24.3 Å². The quantitative estimate of drug-likeness (QED) is 0.625. The largest absolute Gasteiger partial charge is 0.385 e. The van der Waals surface area contributed by atoms with Crippen molar-refractivity contribution in [2.75, 3.05) is 11.9 Å². The van der Waals surface area contributed by atoms with Crippen molar-refractivity contribution in [2.24, 2.45) is 11.7 Å². The van der Waals surface area contributed by atoms with E-state index >= 15 is 0 Å².